The molecular formula is C12H8ClF3N4O. The lowest BCUT2D eigenvalue weighted by atomic mass is 10.2. The zero-order valence-electron chi connectivity index (χ0n) is 10.3. The molecule has 0 spiro atoms. The predicted octanol–water partition coefficient (Wildman–Crippen LogP) is 2.79. The van der Waals surface area contributed by atoms with Crippen molar-refractivity contribution in [1.82, 2.24) is 9.55 Å². The lowest BCUT2D eigenvalue weighted by molar-refractivity contribution is -0.274. The Hall–Kier alpha value is -2.35. The maximum absolute atomic E-state index is 12.2. The molecule has 1 aromatic carbocycles. The molecule has 0 bridgehead atoms. The highest BCUT2D eigenvalue weighted by molar-refractivity contribution is 6.29. The van der Waals surface area contributed by atoms with Gasteiger partial charge in [0.2, 0.25) is 5.28 Å². The van der Waals surface area contributed by atoms with E-state index in [2.05, 4.69) is 9.72 Å². The number of halogens is 4. The summed E-state index contributed by atoms with van der Waals surface area (Å²) in [6, 6.07) is 6.16. The Labute approximate surface area is 121 Å². The molecule has 5 nitrogen and oxygen atoms in total. The summed E-state index contributed by atoms with van der Waals surface area (Å²) in [7, 11) is 0. The number of rotatable bonds is 2. The van der Waals surface area contributed by atoms with Gasteiger partial charge in [-0.2, -0.15) is 0 Å². The Balaban J connectivity index is 2.41. The van der Waals surface area contributed by atoms with Crippen LogP contribution in [0.5, 0.6) is 5.75 Å². The SMILES string of the molecule is N=C(c1cccc(OC(F)(F)F)c1)n1c(Cl)nccc1=N. The van der Waals surface area contributed by atoms with Gasteiger partial charge in [0.1, 0.15) is 17.1 Å². The molecule has 0 atom stereocenters. The predicted molar refractivity (Wildman–Crippen MR) is 68.4 cm³/mol. The fourth-order valence-corrected chi connectivity index (χ4v) is 1.82. The van der Waals surface area contributed by atoms with Crippen LogP contribution in [-0.2, 0) is 0 Å². The molecule has 0 saturated heterocycles. The van der Waals surface area contributed by atoms with Gasteiger partial charge < -0.3 is 4.74 Å². The molecule has 0 saturated carbocycles. The van der Waals surface area contributed by atoms with Crippen LogP contribution < -0.4 is 10.2 Å². The highest BCUT2D eigenvalue weighted by Crippen LogP contribution is 2.23. The van der Waals surface area contributed by atoms with Crippen LogP contribution in [-0.4, -0.2) is 21.7 Å². The second kappa shape index (κ2) is 5.57. The molecule has 1 heterocycles. The zero-order valence-corrected chi connectivity index (χ0v) is 11.0. The van der Waals surface area contributed by atoms with Gasteiger partial charge in [-0.25, -0.2) is 4.98 Å². The van der Waals surface area contributed by atoms with Crippen molar-refractivity contribution in [1.29, 1.82) is 10.8 Å². The Kier molecular flexibility index (Phi) is 3.99. The van der Waals surface area contributed by atoms with E-state index in [4.69, 9.17) is 22.4 Å². The van der Waals surface area contributed by atoms with Crippen LogP contribution in [0.1, 0.15) is 5.56 Å². The number of benzene rings is 1. The average molecular weight is 317 g/mol. The summed E-state index contributed by atoms with van der Waals surface area (Å²) in [4.78, 5) is 3.72. The number of alkyl halides is 3. The zero-order chi connectivity index (χ0) is 15.6. The molecule has 0 aliphatic carbocycles. The molecule has 0 aliphatic heterocycles. The molecule has 0 aliphatic rings. The smallest absolute Gasteiger partial charge is 0.406 e. The molecule has 9 heteroatoms. The Morgan fingerprint density at radius 3 is 2.62 bits per heavy atom. The highest BCUT2D eigenvalue weighted by atomic mass is 35.5. The van der Waals surface area contributed by atoms with Crippen molar-refractivity contribution in [2.75, 3.05) is 0 Å². The van der Waals surface area contributed by atoms with Gasteiger partial charge in [0.25, 0.3) is 0 Å². The summed E-state index contributed by atoms with van der Waals surface area (Å²) in [5.74, 6) is -0.748. The number of hydrogen-bond acceptors (Lipinski definition) is 4. The van der Waals surface area contributed by atoms with Gasteiger partial charge >= 0.3 is 6.36 Å². The first kappa shape index (κ1) is 15.0. The first-order chi connectivity index (χ1) is 9.78. The summed E-state index contributed by atoms with van der Waals surface area (Å²) >= 11 is 5.80. The number of ether oxygens (including phenoxy) is 1. The minimum atomic E-state index is -4.82. The maximum atomic E-state index is 12.2. The van der Waals surface area contributed by atoms with Gasteiger partial charge in [0.05, 0.1) is 0 Å². The van der Waals surface area contributed by atoms with E-state index in [0.29, 0.717) is 0 Å². The van der Waals surface area contributed by atoms with Crippen LogP contribution in [0.2, 0.25) is 5.28 Å². The van der Waals surface area contributed by atoms with Gasteiger partial charge in [0, 0.05) is 11.8 Å². The molecule has 0 fully saturated rings. The summed E-state index contributed by atoms with van der Waals surface area (Å²) in [6.45, 7) is 0. The quantitative estimate of drug-likeness (QED) is 0.508. The molecule has 1 aromatic heterocycles. The van der Waals surface area contributed by atoms with Crippen LogP contribution in [0, 0.1) is 10.8 Å². The topological polar surface area (TPSA) is 74.8 Å². The van der Waals surface area contributed by atoms with E-state index >= 15 is 0 Å². The standard InChI is InChI=1S/C12H8ClF3N4O/c13-11-19-5-4-9(17)20(11)10(18)7-2-1-3-8(6-7)21-12(14,15)16/h1-6,17-18H. The van der Waals surface area contributed by atoms with Crippen molar-refractivity contribution in [2.24, 2.45) is 0 Å². The first-order valence-corrected chi connectivity index (χ1v) is 5.89. The first-order valence-electron chi connectivity index (χ1n) is 5.51. The van der Waals surface area contributed by atoms with Crippen LogP contribution in [0.4, 0.5) is 13.2 Å². The summed E-state index contributed by atoms with van der Waals surface area (Å²) in [5, 5.41) is 15.5. The van der Waals surface area contributed by atoms with Crippen LogP contribution in [0.3, 0.4) is 0 Å². The summed E-state index contributed by atoms with van der Waals surface area (Å²) in [6.07, 6.45) is -3.53. The lowest BCUT2D eigenvalue weighted by Crippen LogP contribution is -2.28. The molecule has 21 heavy (non-hydrogen) atoms. The van der Waals surface area contributed by atoms with Crippen LogP contribution in [0.25, 0.3) is 0 Å². The van der Waals surface area contributed by atoms with Crippen molar-refractivity contribution in [3.8, 4) is 5.75 Å². The minimum Gasteiger partial charge on any atom is -0.406 e. The Morgan fingerprint density at radius 1 is 1.29 bits per heavy atom. The molecule has 2 N–H and O–H groups in total. The van der Waals surface area contributed by atoms with Crippen molar-refractivity contribution < 1.29 is 17.9 Å². The summed E-state index contributed by atoms with van der Waals surface area (Å²) < 4.78 is 41.3. The number of nitrogens with zero attached hydrogens (tertiary/aromatic N) is 2. The fourth-order valence-electron chi connectivity index (χ4n) is 1.58. The van der Waals surface area contributed by atoms with Gasteiger partial charge in [0.15, 0.2) is 0 Å². The third-order valence-corrected chi connectivity index (χ3v) is 2.67. The number of hydrogen-bond donors (Lipinski definition) is 2. The van der Waals surface area contributed by atoms with E-state index in [1.165, 1.54) is 24.4 Å². The summed E-state index contributed by atoms with van der Waals surface area (Å²) in [5.41, 5.74) is -0.0210. The van der Waals surface area contributed by atoms with E-state index in [1.54, 1.807) is 0 Å². The third kappa shape index (κ3) is 3.60. The van der Waals surface area contributed by atoms with E-state index in [0.717, 1.165) is 16.7 Å². The van der Waals surface area contributed by atoms with Crippen molar-refractivity contribution in [2.45, 2.75) is 6.36 Å². The van der Waals surface area contributed by atoms with Crippen LogP contribution >= 0.6 is 11.6 Å². The normalized spacial score (nSPS) is 11.2. The highest BCUT2D eigenvalue weighted by Gasteiger charge is 2.31. The van der Waals surface area contributed by atoms with Gasteiger partial charge in [-0.05, 0) is 29.8 Å². The Bertz CT molecular complexity index is 742. The fraction of sp³-hybridized carbons (Fsp3) is 0.0833. The molecule has 110 valence electrons. The minimum absolute atomic E-state index is 0.102. The maximum Gasteiger partial charge on any atom is 0.573 e. The van der Waals surface area contributed by atoms with Gasteiger partial charge in [-0.1, -0.05) is 12.1 Å². The van der Waals surface area contributed by atoms with Crippen molar-refractivity contribution in [3.63, 3.8) is 0 Å². The van der Waals surface area contributed by atoms with E-state index in [9.17, 15) is 13.2 Å². The number of nitrogens with one attached hydrogen (secondary N) is 2. The molecule has 2 rings (SSSR count). The van der Waals surface area contributed by atoms with Gasteiger partial charge in [-0.15, -0.1) is 13.2 Å². The average Bonchev–Trinajstić information content (AvgIpc) is 2.36. The van der Waals surface area contributed by atoms with E-state index in [1.807, 2.05) is 0 Å². The monoisotopic (exact) mass is 316 g/mol. The third-order valence-electron chi connectivity index (χ3n) is 2.40. The molecular weight excluding hydrogens is 309 g/mol. The molecule has 2 aromatic rings. The molecule has 0 unspecified atom stereocenters. The van der Waals surface area contributed by atoms with E-state index in [-0.39, 0.29) is 22.2 Å². The van der Waals surface area contributed by atoms with Gasteiger partial charge in [-0.3, -0.25) is 15.4 Å². The second-order valence-electron chi connectivity index (χ2n) is 3.86. The van der Waals surface area contributed by atoms with Crippen molar-refractivity contribution >= 4 is 17.4 Å². The number of aromatic nitrogens is 2. The molecule has 0 radical (unpaired) electrons. The van der Waals surface area contributed by atoms with Crippen LogP contribution in [0.15, 0.2) is 36.5 Å². The Morgan fingerprint density at radius 2 is 2.00 bits per heavy atom. The largest absolute Gasteiger partial charge is 0.573 e. The lowest BCUT2D eigenvalue weighted by Gasteiger charge is -2.12. The van der Waals surface area contributed by atoms with Crippen molar-refractivity contribution in [3.05, 3.63) is 52.9 Å². The van der Waals surface area contributed by atoms with E-state index < -0.39 is 12.1 Å². The molecule has 0 amide bonds. The second-order valence-corrected chi connectivity index (χ2v) is 4.20.